The van der Waals surface area contributed by atoms with E-state index < -0.39 is 0 Å². The van der Waals surface area contributed by atoms with Crippen LogP contribution in [0, 0.1) is 11.3 Å². The van der Waals surface area contributed by atoms with Crippen LogP contribution in [0.3, 0.4) is 0 Å². The van der Waals surface area contributed by atoms with Gasteiger partial charge in [-0.2, -0.15) is 0 Å². The van der Waals surface area contributed by atoms with E-state index in [0.717, 1.165) is 25.2 Å². The normalized spacial score (nSPS) is 32.9. The van der Waals surface area contributed by atoms with Crippen molar-refractivity contribution in [2.45, 2.75) is 52.4 Å². The van der Waals surface area contributed by atoms with Crippen molar-refractivity contribution in [1.82, 2.24) is 0 Å². The van der Waals surface area contributed by atoms with Crippen molar-refractivity contribution in [2.75, 3.05) is 6.54 Å². The average Bonchev–Trinajstić information content (AvgIpc) is 2.20. The highest BCUT2D eigenvalue weighted by Crippen LogP contribution is 2.39. The zero-order valence-electron chi connectivity index (χ0n) is 9.51. The molecule has 1 aliphatic rings. The van der Waals surface area contributed by atoms with Gasteiger partial charge in [-0.05, 0) is 38.0 Å². The molecule has 0 atom stereocenters. The van der Waals surface area contributed by atoms with E-state index in [1.807, 2.05) is 0 Å². The summed E-state index contributed by atoms with van der Waals surface area (Å²) in [5, 5.41) is 0. The first kappa shape index (κ1) is 11.7. The summed E-state index contributed by atoms with van der Waals surface area (Å²) in [6.45, 7) is 4.89. The topological polar surface area (TPSA) is 43.1 Å². The molecule has 0 aliphatic heterocycles. The molecule has 14 heavy (non-hydrogen) atoms. The Morgan fingerprint density at radius 1 is 1.43 bits per heavy atom. The molecule has 0 saturated heterocycles. The molecular weight excluding hydrogens is 174 g/mol. The number of carbonyl (C=O) groups is 1. The van der Waals surface area contributed by atoms with Gasteiger partial charge < -0.3 is 5.73 Å². The van der Waals surface area contributed by atoms with Gasteiger partial charge in [0.1, 0.15) is 5.78 Å². The standard InChI is InChI=1S/C12H23NO/c1-3-4-11(14)12(9-13)7-5-10(2)6-8-12/h10H,3-9,13H2,1-2H3. The van der Waals surface area contributed by atoms with Crippen LogP contribution in [0.2, 0.25) is 0 Å². The van der Waals surface area contributed by atoms with Crippen LogP contribution >= 0.6 is 0 Å². The van der Waals surface area contributed by atoms with Gasteiger partial charge in [0, 0.05) is 18.4 Å². The molecule has 1 saturated carbocycles. The van der Waals surface area contributed by atoms with Crippen LogP contribution in [0.15, 0.2) is 0 Å². The fourth-order valence-corrected chi connectivity index (χ4v) is 2.40. The van der Waals surface area contributed by atoms with E-state index in [2.05, 4.69) is 13.8 Å². The molecule has 0 bridgehead atoms. The molecule has 2 heteroatoms. The zero-order chi connectivity index (χ0) is 10.6. The molecule has 1 fully saturated rings. The van der Waals surface area contributed by atoms with Gasteiger partial charge in [-0.15, -0.1) is 0 Å². The molecule has 0 aromatic carbocycles. The van der Waals surface area contributed by atoms with Gasteiger partial charge in [-0.3, -0.25) is 4.79 Å². The molecule has 0 aromatic heterocycles. The Kier molecular flexibility index (Phi) is 4.11. The predicted octanol–water partition coefficient (Wildman–Crippen LogP) is 2.51. The summed E-state index contributed by atoms with van der Waals surface area (Å²) in [6, 6.07) is 0. The van der Waals surface area contributed by atoms with Gasteiger partial charge in [-0.25, -0.2) is 0 Å². The van der Waals surface area contributed by atoms with Crippen LogP contribution in [0.5, 0.6) is 0 Å². The van der Waals surface area contributed by atoms with E-state index in [4.69, 9.17) is 5.73 Å². The van der Waals surface area contributed by atoms with Crippen LogP contribution in [0.25, 0.3) is 0 Å². The SMILES string of the molecule is CCCC(=O)C1(CN)CCC(C)CC1. The van der Waals surface area contributed by atoms with E-state index in [1.165, 1.54) is 12.8 Å². The Bertz CT molecular complexity index is 192. The fraction of sp³-hybridized carbons (Fsp3) is 0.917. The summed E-state index contributed by atoms with van der Waals surface area (Å²) >= 11 is 0. The second-order valence-electron chi connectivity index (χ2n) is 4.84. The van der Waals surface area contributed by atoms with Crippen LogP contribution in [-0.2, 0) is 4.79 Å². The minimum Gasteiger partial charge on any atom is -0.329 e. The molecule has 0 unspecified atom stereocenters. The second kappa shape index (κ2) is 4.92. The summed E-state index contributed by atoms with van der Waals surface area (Å²) in [6.07, 6.45) is 6.05. The van der Waals surface area contributed by atoms with Gasteiger partial charge in [-0.1, -0.05) is 13.8 Å². The van der Waals surface area contributed by atoms with E-state index in [1.54, 1.807) is 0 Å². The maximum Gasteiger partial charge on any atom is 0.140 e. The Morgan fingerprint density at radius 3 is 2.43 bits per heavy atom. The number of carbonyl (C=O) groups excluding carboxylic acids is 1. The van der Waals surface area contributed by atoms with Crippen LogP contribution in [-0.4, -0.2) is 12.3 Å². The van der Waals surface area contributed by atoms with Crippen molar-refractivity contribution in [3.05, 3.63) is 0 Å². The first-order valence-electron chi connectivity index (χ1n) is 5.88. The summed E-state index contributed by atoms with van der Waals surface area (Å²) < 4.78 is 0. The molecule has 82 valence electrons. The highest BCUT2D eigenvalue weighted by Gasteiger charge is 2.38. The van der Waals surface area contributed by atoms with Gasteiger partial charge in [0.05, 0.1) is 0 Å². The Hall–Kier alpha value is -0.370. The van der Waals surface area contributed by atoms with Crippen LogP contribution < -0.4 is 5.73 Å². The lowest BCUT2D eigenvalue weighted by molar-refractivity contribution is -0.130. The number of hydrogen-bond acceptors (Lipinski definition) is 2. The maximum absolute atomic E-state index is 12.0. The minimum absolute atomic E-state index is 0.150. The molecule has 0 radical (unpaired) electrons. The van der Waals surface area contributed by atoms with Gasteiger partial charge >= 0.3 is 0 Å². The molecule has 1 aliphatic carbocycles. The van der Waals surface area contributed by atoms with Crippen LogP contribution in [0.1, 0.15) is 52.4 Å². The minimum atomic E-state index is -0.150. The molecule has 0 amide bonds. The van der Waals surface area contributed by atoms with Crippen molar-refractivity contribution in [3.63, 3.8) is 0 Å². The Morgan fingerprint density at radius 2 is 2.00 bits per heavy atom. The van der Waals surface area contributed by atoms with Gasteiger partial charge in [0.15, 0.2) is 0 Å². The molecule has 2 N–H and O–H groups in total. The van der Waals surface area contributed by atoms with E-state index >= 15 is 0 Å². The Balaban J connectivity index is 2.62. The third-order valence-corrected chi connectivity index (χ3v) is 3.69. The summed E-state index contributed by atoms with van der Waals surface area (Å²) in [4.78, 5) is 12.0. The quantitative estimate of drug-likeness (QED) is 0.752. The molecule has 0 heterocycles. The second-order valence-corrected chi connectivity index (χ2v) is 4.84. The zero-order valence-corrected chi connectivity index (χ0v) is 9.51. The van der Waals surface area contributed by atoms with E-state index in [9.17, 15) is 4.79 Å². The van der Waals surface area contributed by atoms with Crippen molar-refractivity contribution in [2.24, 2.45) is 17.1 Å². The number of rotatable bonds is 4. The monoisotopic (exact) mass is 197 g/mol. The lowest BCUT2D eigenvalue weighted by Gasteiger charge is -2.37. The predicted molar refractivity (Wildman–Crippen MR) is 59.0 cm³/mol. The number of Topliss-reactive ketones (excluding diaryl/α,β-unsaturated/α-hetero) is 1. The molecule has 2 nitrogen and oxygen atoms in total. The highest BCUT2D eigenvalue weighted by molar-refractivity contribution is 5.85. The maximum atomic E-state index is 12.0. The number of nitrogens with two attached hydrogens (primary N) is 1. The smallest absolute Gasteiger partial charge is 0.140 e. The van der Waals surface area contributed by atoms with Crippen molar-refractivity contribution < 1.29 is 4.79 Å². The van der Waals surface area contributed by atoms with Crippen LogP contribution in [0.4, 0.5) is 0 Å². The summed E-state index contributed by atoms with van der Waals surface area (Å²) in [7, 11) is 0. The largest absolute Gasteiger partial charge is 0.329 e. The molecule has 0 spiro atoms. The molecule has 1 rings (SSSR count). The van der Waals surface area contributed by atoms with Crippen molar-refractivity contribution in [3.8, 4) is 0 Å². The molecule has 0 aromatic rings. The van der Waals surface area contributed by atoms with Crippen molar-refractivity contribution in [1.29, 1.82) is 0 Å². The Labute approximate surface area is 87.2 Å². The first-order valence-corrected chi connectivity index (χ1v) is 5.88. The lowest BCUT2D eigenvalue weighted by Crippen LogP contribution is -2.41. The first-order chi connectivity index (χ1) is 6.64. The number of ketones is 1. The lowest BCUT2D eigenvalue weighted by atomic mass is 9.67. The van der Waals surface area contributed by atoms with E-state index in [0.29, 0.717) is 18.7 Å². The highest BCUT2D eigenvalue weighted by atomic mass is 16.1. The molecular formula is C12H23NO. The average molecular weight is 197 g/mol. The van der Waals surface area contributed by atoms with Gasteiger partial charge in [0.2, 0.25) is 0 Å². The third-order valence-electron chi connectivity index (χ3n) is 3.69. The summed E-state index contributed by atoms with van der Waals surface area (Å²) in [5.74, 6) is 1.19. The van der Waals surface area contributed by atoms with E-state index in [-0.39, 0.29) is 5.41 Å². The summed E-state index contributed by atoms with van der Waals surface area (Å²) in [5.41, 5.74) is 5.64. The fourth-order valence-electron chi connectivity index (χ4n) is 2.40. The van der Waals surface area contributed by atoms with Gasteiger partial charge in [0.25, 0.3) is 0 Å². The van der Waals surface area contributed by atoms with Crippen molar-refractivity contribution >= 4 is 5.78 Å². The third kappa shape index (κ3) is 2.35. The number of hydrogen-bond donors (Lipinski definition) is 1.